The maximum atomic E-state index is 12.8. The predicted molar refractivity (Wildman–Crippen MR) is 96.9 cm³/mol. The van der Waals surface area contributed by atoms with E-state index in [1.54, 1.807) is 21.7 Å². The topological polar surface area (TPSA) is 59.4 Å². The molecule has 25 heavy (non-hydrogen) atoms. The molecule has 1 amide bonds. The lowest BCUT2D eigenvalue weighted by Gasteiger charge is -2.24. The van der Waals surface area contributed by atoms with Crippen molar-refractivity contribution >= 4 is 17.5 Å². The third kappa shape index (κ3) is 4.32. The van der Waals surface area contributed by atoms with Gasteiger partial charge in [-0.15, -0.1) is 0 Å². The fourth-order valence-corrected chi connectivity index (χ4v) is 3.35. The van der Waals surface area contributed by atoms with E-state index in [2.05, 4.69) is 10.4 Å². The summed E-state index contributed by atoms with van der Waals surface area (Å²) in [6, 6.07) is 7.26. The zero-order valence-corrected chi connectivity index (χ0v) is 15.2. The van der Waals surface area contributed by atoms with Gasteiger partial charge in [-0.2, -0.15) is 5.10 Å². The molecule has 1 aliphatic rings. The number of carbonyl (C=O) groups excluding carboxylic acids is 1. The second kappa shape index (κ2) is 7.89. The maximum absolute atomic E-state index is 12.8. The van der Waals surface area contributed by atoms with Crippen LogP contribution in [-0.2, 0) is 11.8 Å². The second-order valence-electron chi connectivity index (χ2n) is 6.38. The van der Waals surface area contributed by atoms with Gasteiger partial charge < -0.3 is 15.0 Å². The van der Waals surface area contributed by atoms with Crippen LogP contribution in [0.5, 0.6) is 5.75 Å². The van der Waals surface area contributed by atoms with E-state index in [1.807, 2.05) is 38.6 Å². The van der Waals surface area contributed by atoms with Crippen molar-refractivity contribution in [1.29, 1.82) is 0 Å². The van der Waals surface area contributed by atoms with Gasteiger partial charge in [0.1, 0.15) is 12.4 Å². The summed E-state index contributed by atoms with van der Waals surface area (Å²) in [5.41, 5.74) is 1.11. The van der Waals surface area contributed by atoms with Gasteiger partial charge in [0.25, 0.3) is 0 Å². The van der Waals surface area contributed by atoms with Crippen LogP contribution in [0.1, 0.15) is 11.5 Å². The largest absolute Gasteiger partial charge is 0.492 e. The number of benzene rings is 1. The summed E-state index contributed by atoms with van der Waals surface area (Å²) in [5, 5.41) is 8.18. The Morgan fingerprint density at radius 2 is 2.32 bits per heavy atom. The molecule has 1 saturated heterocycles. The van der Waals surface area contributed by atoms with Gasteiger partial charge in [-0.05, 0) is 23.8 Å². The highest BCUT2D eigenvalue weighted by Gasteiger charge is 2.36. The van der Waals surface area contributed by atoms with Crippen molar-refractivity contribution in [2.24, 2.45) is 13.0 Å². The van der Waals surface area contributed by atoms with E-state index in [9.17, 15) is 4.79 Å². The van der Waals surface area contributed by atoms with Crippen LogP contribution in [-0.4, -0.2) is 53.9 Å². The summed E-state index contributed by atoms with van der Waals surface area (Å²) in [6.45, 7) is 2.45. The summed E-state index contributed by atoms with van der Waals surface area (Å²) in [6.07, 6.45) is 3.83. The SMILES string of the molecule is CN(CCOc1cccc(Cl)c1)C(=O)[C@H]1CNC[C@@H]1c1cnn(C)c1. The highest BCUT2D eigenvalue weighted by atomic mass is 35.5. The van der Waals surface area contributed by atoms with Gasteiger partial charge in [0.05, 0.1) is 18.7 Å². The molecule has 7 heteroatoms. The van der Waals surface area contributed by atoms with Crippen molar-refractivity contribution in [3.8, 4) is 5.75 Å². The number of likely N-dealkylation sites (N-methyl/N-ethyl adjacent to an activating group) is 1. The molecule has 0 saturated carbocycles. The summed E-state index contributed by atoms with van der Waals surface area (Å²) in [4.78, 5) is 14.6. The van der Waals surface area contributed by atoms with E-state index in [0.29, 0.717) is 30.5 Å². The lowest BCUT2D eigenvalue weighted by molar-refractivity contribution is -0.134. The average molecular weight is 363 g/mol. The molecule has 0 aliphatic carbocycles. The molecular formula is C18H23ClN4O2. The standard InChI is InChI=1S/C18H23ClN4O2/c1-22(6-7-25-15-5-3-4-14(19)8-15)18(24)17-11-20-10-16(17)13-9-21-23(2)12-13/h3-5,8-9,12,16-17,20H,6-7,10-11H2,1-2H3/t16-,17+/m1/s1. The Labute approximate surface area is 152 Å². The van der Waals surface area contributed by atoms with Gasteiger partial charge in [-0.25, -0.2) is 0 Å². The molecule has 3 rings (SSSR count). The van der Waals surface area contributed by atoms with Crippen LogP contribution >= 0.6 is 11.6 Å². The monoisotopic (exact) mass is 362 g/mol. The first-order valence-electron chi connectivity index (χ1n) is 8.37. The van der Waals surface area contributed by atoms with Crippen molar-refractivity contribution in [3.05, 3.63) is 47.2 Å². The minimum Gasteiger partial charge on any atom is -0.492 e. The molecule has 1 fully saturated rings. The van der Waals surface area contributed by atoms with Crippen LogP contribution in [0.2, 0.25) is 5.02 Å². The molecule has 6 nitrogen and oxygen atoms in total. The molecule has 0 unspecified atom stereocenters. The average Bonchev–Trinajstić information content (AvgIpc) is 3.22. The maximum Gasteiger partial charge on any atom is 0.227 e. The third-order valence-electron chi connectivity index (χ3n) is 4.55. The van der Waals surface area contributed by atoms with E-state index in [4.69, 9.17) is 16.3 Å². The molecule has 1 aromatic heterocycles. The summed E-state index contributed by atoms with van der Waals surface area (Å²) in [7, 11) is 3.71. The fourth-order valence-electron chi connectivity index (χ4n) is 3.17. The Hall–Kier alpha value is -2.05. The van der Waals surface area contributed by atoms with E-state index >= 15 is 0 Å². The van der Waals surface area contributed by atoms with E-state index in [-0.39, 0.29) is 17.7 Å². The molecular weight excluding hydrogens is 340 g/mol. The van der Waals surface area contributed by atoms with Crippen molar-refractivity contribution in [2.75, 3.05) is 33.3 Å². The Kier molecular flexibility index (Phi) is 5.60. The zero-order chi connectivity index (χ0) is 17.8. The molecule has 1 aromatic carbocycles. The van der Waals surface area contributed by atoms with Gasteiger partial charge >= 0.3 is 0 Å². The number of halogens is 1. The molecule has 0 radical (unpaired) electrons. The number of nitrogens with one attached hydrogen (secondary N) is 1. The molecule has 1 N–H and O–H groups in total. The minimum absolute atomic E-state index is 0.0691. The van der Waals surface area contributed by atoms with Crippen LogP contribution in [0.15, 0.2) is 36.7 Å². The van der Waals surface area contributed by atoms with E-state index < -0.39 is 0 Å². The first kappa shape index (κ1) is 17.8. The highest BCUT2D eigenvalue weighted by molar-refractivity contribution is 6.30. The van der Waals surface area contributed by atoms with Crippen LogP contribution in [0.4, 0.5) is 0 Å². The number of hydrogen-bond acceptors (Lipinski definition) is 4. The lowest BCUT2D eigenvalue weighted by atomic mass is 9.90. The normalized spacial score (nSPS) is 19.8. The Balaban J connectivity index is 1.54. The van der Waals surface area contributed by atoms with Gasteiger partial charge in [-0.1, -0.05) is 17.7 Å². The number of amides is 1. The van der Waals surface area contributed by atoms with Gasteiger partial charge in [-0.3, -0.25) is 9.48 Å². The fraction of sp³-hybridized carbons (Fsp3) is 0.444. The van der Waals surface area contributed by atoms with Crippen LogP contribution < -0.4 is 10.1 Å². The van der Waals surface area contributed by atoms with Gasteiger partial charge in [0, 0.05) is 44.3 Å². The van der Waals surface area contributed by atoms with Crippen LogP contribution in [0.3, 0.4) is 0 Å². The van der Waals surface area contributed by atoms with Gasteiger partial charge in [0.2, 0.25) is 5.91 Å². The molecule has 0 spiro atoms. The van der Waals surface area contributed by atoms with Crippen molar-refractivity contribution < 1.29 is 9.53 Å². The first-order chi connectivity index (χ1) is 12.0. The van der Waals surface area contributed by atoms with Gasteiger partial charge in [0.15, 0.2) is 0 Å². The molecule has 1 aliphatic heterocycles. The number of ether oxygens (including phenoxy) is 1. The number of aromatic nitrogens is 2. The molecule has 2 heterocycles. The zero-order valence-electron chi connectivity index (χ0n) is 14.5. The third-order valence-corrected chi connectivity index (χ3v) is 4.79. The molecule has 0 bridgehead atoms. The van der Waals surface area contributed by atoms with Crippen LogP contribution in [0, 0.1) is 5.92 Å². The van der Waals surface area contributed by atoms with E-state index in [1.165, 1.54) is 0 Å². The number of hydrogen-bond donors (Lipinski definition) is 1. The molecule has 134 valence electrons. The van der Waals surface area contributed by atoms with Crippen molar-refractivity contribution in [3.63, 3.8) is 0 Å². The van der Waals surface area contributed by atoms with Crippen molar-refractivity contribution in [1.82, 2.24) is 20.0 Å². The van der Waals surface area contributed by atoms with Crippen LogP contribution in [0.25, 0.3) is 0 Å². The Morgan fingerprint density at radius 1 is 1.48 bits per heavy atom. The number of carbonyl (C=O) groups is 1. The molecule has 2 atom stereocenters. The Bertz CT molecular complexity index is 733. The molecule has 2 aromatic rings. The smallest absolute Gasteiger partial charge is 0.227 e. The van der Waals surface area contributed by atoms with E-state index in [0.717, 1.165) is 12.1 Å². The number of nitrogens with zero attached hydrogens (tertiary/aromatic N) is 3. The first-order valence-corrected chi connectivity index (χ1v) is 8.75. The highest BCUT2D eigenvalue weighted by Crippen LogP contribution is 2.29. The predicted octanol–water partition coefficient (Wildman–Crippen LogP) is 1.91. The number of rotatable bonds is 6. The van der Waals surface area contributed by atoms with Crippen molar-refractivity contribution in [2.45, 2.75) is 5.92 Å². The minimum atomic E-state index is -0.0691. The quantitative estimate of drug-likeness (QED) is 0.852. The second-order valence-corrected chi connectivity index (χ2v) is 6.82. The number of aryl methyl sites for hydroxylation is 1. The summed E-state index contributed by atoms with van der Waals surface area (Å²) in [5.74, 6) is 0.940. The summed E-state index contributed by atoms with van der Waals surface area (Å²) >= 11 is 5.94. The summed E-state index contributed by atoms with van der Waals surface area (Å²) < 4.78 is 7.45. The lowest BCUT2D eigenvalue weighted by Crippen LogP contribution is -2.38. The Morgan fingerprint density at radius 3 is 3.04 bits per heavy atom.